The lowest BCUT2D eigenvalue weighted by Crippen LogP contribution is -2.21. The predicted octanol–water partition coefficient (Wildman–Crippen LogP) is 4.15. The Hall–Kier alpha value is -1.24. The van der Waals surface area contributed by atoms with Gasteiger partial charge in [-0.05, 0) is 6.07 Å². The first-order chi connectivity index (χ1) is 8.09. The van der Waals surface area contributed by atoms with E-state index in [0.717, 1.165) is 6.07 Å². The molecule has 18 heavy (non-hydrogen) atoms. The smallest absolute Gasteiger partial charge is 0.293 e. The summed E-state index contributed by atoms with van der Waals surface area (Å²) in [6.45, 7) is 0. The molecule has 0 heterocycles. The first-order valence-corrected chi connectivity index (χ1v) is 4.99. The van der Waals surface area contributed by atoms with Crippen molar-refractivity contribution in [2.45, 2.75) is 12.4 Å². The third kappa shape index (κ3) is 2.95. The molecule has 0 aromatic heterocycles. The van der Waals surface area contributed by atoms with Crippen LogP contribution >= 0.6 is 11.6 Å². The van der Waals surface area contributed by atoms with E-state index in [1.54, 1.807) is 0 Å². The standard InChI is InChI=1S/C10H5ClF6O/c11-4-7(18)5-2-1-3-6(9(12,13)14)8(5)10(15,16)17/h1-3H,4H2. The zero-order valence-electron chi connectivity index (χ0n) is 8.49. The van der Waals surface area contributed by atoms with Gasteiger partial charge in [-0.25, -0.2) is 0 Å². The van der Waals surface area contributed by atoms with Crippen LogP contribution in [0, 0.1) is 0 Å². The van der Waals surface area contributed by atoms with Gasteiger partial charge in [-0.2, -0.15) is 26.3 Å². The molecule has 0 saturated heterocycles. The second-order valence-electron chi connectivity index (χ2n) is 3.28. The number of Topliss-reactive ketones (excluding diaryl/α,β-unsaturated/α-hetero) is 1. The molecule has 0 aliphatic heterocycles. The molecule has 100 valence electrons. The minimum Gasteiger partial charge on any atom is -0.293 e. The largest absolute Gasteiger partial charge is 0.417 e. The number of hydrogen-bond donors (Lipinski definition) is 0. The van der Waals surface area contributed by atoms with Crippen molar-refractivity contribution in [3.63, 3.8) is 0 Å². The van der Waals surface area contributed by atoms with Gasteiger partial charge in [0.15, 0.2) is 5.78 Å². The summed E-state index contributed by atoms with van der Waals surface area (Å²) in [4.78, 5) is 11.2. The van der Waals surface area contributed by atoms with Gasteiger partial charge in [-0.3, -0.25) is 4.79 Å². The third-order valence-corrected chi connectivity index (χ3v) is 2.32. The number of alkyl halides is 7. The number of halogens is 7. The zero-order valence-corrected chi connectivity index (χ0v) is 9.25. The molecule has 0 radical (unpaired) electrons. The highest BCUT2D eigenvalue weighted by molar-refractivity contribution is 6.30. The van der Waals surface area contributed by atoms with E-state index in [4.69, 9.17) is 11.6 Å². The van der Waals surface area contributed by atoms with Crippen molar-refractivity contribution in [1.82, 2.24) is 0 Å². The van der Waals surface area contributed by atoms with Crippen LogP contribution in [-0.4, -0.2) is 11.7 Å². The molecule has 1 nitrogen and oxygen atoms in total. The summed E-state index contributed by atoms with van der Waals surface area (Å²) < 4.78 is 75.4. The van der Waals surface area contributed by atoms with E-state index in [2.05, 4.69) is 0 Å². The first kappa shape index (κ1) is 14.8. The Balaban J connectivity index is 3.61. The Morgan fingerprint density at radius 2 is 1.61 bits per heavy atom. The van der Waals surface area contributed by atoms with Crippen molar-refractivity contribution >= 4 is 17.4 Å². The van der Waals surface area contributed by atoms with Crippen molar-refractivity contribution in [2.75, 3.05) is 5.88 Å². The number of hydrogen-bond acceptors (Lipinski definition) is 1. The fourth-order valence-electron chi connectivity index (χ4n) is 1.40. The normalized spacial score (nSPS) is 12.6. The topological polar surface area (TPSA) is 17.1 Å². The van der Waals surface area contributed by atoms with Crippen molar-refractivity contribution in [1.29, 1.82) is 0 Å². The lowest BCUT2D eigenvalue weighted by Gasteiger charge is -2.18. The van der Waals surface area contributed by atoms with Crippen LogP contribution < -0.4 is 0 Å². The molecular formula is C10H5ClF6O. The second kappa shape index (κ2) is 4.79. The summed E-state index contributed by atoms with van der Waals surface area (Å²) >= 11 is 5.08. The van der Waals surface area contributed by atoms with Crippen LogP contribution in [-0.2, 0) is 12.4 Å². The van der Waals surface area contributed by atoms with Gasteiger partial charge in [0, 0.05) is 5.56 Å². The quantitative estimate of drug-likeness (QED) is 0.454. The Kier molecular flexibility index (Phi) is 3.95. The van der Waals surface area contributed by atoms with E-state index < -0.39 is 40.7 Å². The minimum atomic E-state index is -5.29. The SMILES string of the molecule is O=C(CCl)c1cccc(C(F)(F)F)c1C(F)(F)F. The minimum absolute atomic E-state index is 0.272. The lowest BCUT2D eigenvalue weighted by molar-refractivity contribution is -0.162. The number of ketones is 1. The molecule has 0 aliphatic carbocycles. The second-order valence-corrected chi connectivity index (χ2v) is 3.55. The van der Waals surface area contributed by atoms with E-state index in [9.17, 15) is 31.1 Å². The van der Waals surface area contributed by atoms with E-state index in [1.807, 2.05) is 0 Å². The van der Waals surface area contributed by atoms with Crippen molar-refractivity contribution < 1.29 is 31.1 Å². The molecule has 0 unspecified atom stereocenters. The first-order valence-electron chi connectivity index (χ1n) is 4.45. The third-order valence-electron chi connectivity index (χ3n) is 2.08. The van der Waals surface area contributed by atoms with Gasteiger partial charge >= 0.3 is 12.4 Å². The molecule has 0 amide bonds. The molecule has 0 atom stereocenters. The molecule has 1 rings (SSSR count). The highest BCUT2D eigenvalue weighted by Gasteiger charge is 2.45. The zero-order chi connectivity index (χ0) is 14.1. The molecule has 0 aliphatic rings. The van der Waals surface area contributed by atoms with Crippen LogP contribution in [0.15, 0.2) is 18.2 Å². The van der Waals surface area contributed by atoms with Crippen molar-refractivity contribution in [3.8, 4) is 0 Å². The average Bonchev–Trinajstić information content (AvgIpc) is 2.24. The molecule has 0 N–H and O–H groups in total. The fourth-order valence-corrected chi connectivity index (χ4v) is 1.54. The van der Waals surface area contributed by atoms with Gasteiger partial charge < -0.3 is 0 Å². The van der Waals surface area contributed by atoms with Crippen molar-refractivity contribution in [2.24, 2.45) is 0 Å². The lowest BCUT2D eigenvalue weighted by atomic mass is 9.97. The van der Waals surface area contributed by atoms with Gasteiger partial charge in [0.2, 0.25) is 0 Å². The highest BCUT2D eigenvalue weighted by Crippen LogP contribution is 2.42. The average molecular weight is 291 g/mol. The van der Waals surface area contributed by atoms with E-state index in [-0.39, 0.29) is 6.07 Å². The van der Waals surface area contributed by atoms with Gasteiger partial charge in [-0.1, -0.05) is 12.1 Å². The number of carbonyl (C=O) groups is 1. The molecule has 0 fully saturated rings. The Morgan fingerprint density at radius 3 is 2.00 bits per heavy atom. The highest BCUT2D eigenvalue weighted by atomic mass is 35.5. The Bertz CT molecular complexity index is 462. The molecule has 0 bridgehead atoms. The van der Waals surface area contributed by atoms with Crippen LogP contribution in [0.25, 0.3) is 0 Å². The molecule has 8 heteroatoms. The summed E-state index contributed by atoms with van der Waals surface area (Å²) in [5.41, 5.74) is -4.97. The molecular weight excluding hydrogens is 286 g/mol. The van der Waals surface area contributed by atoms with Crippen LogP contribution in [0.1, 0.15) is 21.5 Å². The molecule has 0 saturated carbocycles. The maximum absolute atomic E-state index is 12.6. The predicted molar refractivity (Wildman–Crippen MR) is 51.5 cm³/mol. The number of rotatable bonds is 2. The van der Waals surface area contributed by atoms with Crippen LogP contribution in [0.4, 0.5) is 26.3 Å². The monoisotopic (exact) mass is 290 g/mol. The van der Waals surface area contributed by atoms with Gasteiger partial charge in [0.25, 0.3) is 0 Å². The molecule has 1 aromatic carbocycles. The molecule has 1 aromatic rings. The number of benzene rings is 1. The van der Waals surface area contributed by atoms with Gasteiger partial charge in [0.1, 0.15) is 0 Å². The summed E-state index contributed by atoms with van der Waals surface area (Å²) in [7, 11) is 0. The van der Waals surface area contributed by atoms with E-state index in [1.165, 1.54) is 0 Å². The fraction of sp³-hybridized carbons (Fsp3) is 0.300. The van der Waals surface area contributed by atoms with Crippen LogP contribution in [0.5, 0.6) is 0 Å². The van der Waals surface area contributed by atoms with Gasteiger partial charge in [-0.15, -0.1) is 11.6 Å². The van der Waals surface area contributed by atoms with Crippen LogP contribution in [0.3, 0.4) is 0 Å². The summed E-state index contributed by atoms with van der Waals surface area (Å²) in [6.07, 6.45) is -10.5. The van der Waals surface area contributed by atoms with E-state index >= 15 is 0 Å². The Labute approximate surface area is 102 Å². The summed E-state index contributed by atoms with van der Waals surface area (Å²) in [5.74, 6) is -2.04. The summed E-state index contributed by atoms with van der Waals surface area (Å²) in [6, 6.07) is 1.68. The van der Waals surface area contributed by atoms with Crippen LogP contribution in [0.2, 0.25) is 0 Å². The van der Waals surface area contributed by atoms with Gasteiger partial charge in [0.05, 0.1) is 17.0 Å². The maximum atomic E-state index is 12.6. The number of carbonyl (C=O) groups excluding carboxylic acids is 1. The maximum Gasteiger partial charge on any atom is 0.417 e. The van der Waals surface area contributed by atoms with E-state index in [0.29, 0.717) is 6.07 Å². The van der Waals surface area contributed by atoms with Crippen molar-refractivity contribution in [3.05, 3.63) is 34.9 Å². The molecule has 0 spiro atoms. The summed E-state index contributed by atoms with van der Waals surface area (Å²) in [5, 5.41) is 0. The Morgan fingerprint density at radius 1 is 1.06 bits per heavy atom.